The molecule has 10 nitrogen and oxygen atoms in total. The zero-order chi connectivity index (χ0) is 24.9. The van der Waals surface area contributed by atoms with Gasteiger partial charge in [-0.1, -0.05) is 37.3 Å². The van der Waals surface area contributed by atoms with E-state index in [1.165, 1.54) is 39.4 Å². The van der Waals surface area contributed by atoms with Crippen LogP contribution in [0, 0.1) is 5.92 Å². The summed E-state index contributed by atoms with van der Waals surface area (Å²) in [5, 5.41) is 18.9. The number of ether oxygens (including phenoxy) is 3. The second kappa shape index (κ2) is 11.1. The van der Waals surface area contributed by atoms with Crippen LogP contribution in [0.3, 0.4) is 0 Å². The Morgan fingerprint density at radius 1 is 1.15 bits per heavy atom. The summed E-state index contributed by atoms with van der Waals surface area (Å²) in [5.41, 5.74) is 0.458. The van der Waals surface area contributed by atoms with Crippen LogP contribution in [0.5, 0.6) is 17.2 Å². The van der Waals surface area contributed by atoms with Crippen molar-refractivity contribution in [2.24, 2.45) is 5.92 Å². The van der Waals surface area contributed by atoms with Crippen molar-refractivity contribution in [3.05, 3.63) is 22.6 Å². The Bertz CT molecular complexity index is 982. The van der Waals surface area contributed by atoms with E-state index < -0.39 is 35.8 Å². The Kier molecular flexibility index (Phi) is 8.83. The fourth-order valence-electron chi connectivity index (χ4n) is 3.32. The number of benzene rings is 1. The molecule has 2 N–H and O–H groups in total. The Labute approximate surface area is 199 Å². The molecule has 1 fully saturated rings. The van der Waals surface area contributed by atoms with E-state index in [0.717, 1.165) is 16.7 Å². The largest absolute Gasteiger partial charge is 0.493 e. The summed E-state index contributed by atoms with van der Waals surface area (Å²) in [6.45, 7) is 2.98. The maximum Gasteiger partial charge on any atom is 0.320 e. The number of rotatable bonds is 10. The summed E-state index contributed by atoms with van der Waals surface area (Å²) < 4.78 is 15.8. The number of carbonyl (C=O) groups is 4. The monoisotopic (exact) mass is 497 g/mol. The van der Waals surface area contributed by atoms with Crippen LogP contribution in [-0.4, -0.2) is 63.5 Å². The molecule has 1 aromatic carbocycles. The Balaban J connectivity index is 2.49. The highest BCUT2D eigenvalue weighted by Gasteiger charge is 2.45. The van der Waals surface area contributed by atoms with Crippen molar-refractivity contribution in [1.82, 2.24) is 4.90 Å². The van der Waals surface area contributed by atoms with Crippen LogP contribution in [-0.2, 0) is 19.2 Å². The molecule has 2 rings (SSSR count). The van der Waals surface area contributed by atoms with E-state index in [2.05, 4.69) is 0 Å². The lowest BCUT2D eigenvalue weighted by atomic mass is 9.94. The molecule has 0 aromatic heterocycles. The predicted octanol–water partition coefficient (Wildman–Crippen LogP) is 2.78. The third-order valence-corrected chi connectivity index (χ3v) is 6.01. The van der Waals surface area contributed by atoms with Gasteiger partial charge in [-0.3, -0.25) is 24.1 Å². The van der Waals surface area contributed by atoms with Crippen molar-refractivity contribution in [2.75, 3.05) is 14.2 Å². The van der Waals surface area contributed by atoms with Crippen molar-refractivity contribution in [3.8, 4) is 17.2 Å². The standard InChI is InChI=1S/C21H23NO9S2/c1-5-6-12(16(19(25)26)20(27)28)22-18(24)15(33-21(22)32)9-11-7-13(29-3)17(31-10(2)23)14(8-11)30-4/h7-9,12,16H,5-6H2,1-4H3,(H,25,26)(H,27,28)/b15-9-. The van der Waals surface area contributed by atoms with Crippen LogP contribution in [0.1, 0.15) is 32.3 Å². The summed E-state index contributed by atoms with van der Waals surface area (Å²) in [5.74, 6) is -5.64. The molecule has 0 radical (unpaired) electrons. The molecule has 1 aliphatic rings. The molecule has 1 amide bonds. The summed E-state index contributed by atoms with van der Waals surface area (Å²) in [7, 11) is 2.75. The highest BCUT2D eigenvalue weighted by Crippen LogP contribution is 2.41. The predicted molar refractivity (Wildman–Crippen MR) is 123 cm³/mol. The van der Waals surface area contributed by atoms with Crippen molar-refractivity contribution in [1.29, 1.82) is 0 Å². The lowest BCUT2D eigenvalue weighted by molar-refractivity contribution is -0.157. The van der Waals surface area contributed by atoms with E-state index in [1.54, 1.807) is 6.92 Å². The molecule has 12 heteroatoms. The molecule has 0 saturated carbocycles. The van der Waals surface area contributed by atoms with Crippen LogP contribution in [0.4, 0.5) is 0 Å². The lowest BCUT2D eigenvalue weighted by Crippen LogP contribution is -2.48. The number of thioether (sulfide) groups is 1. The Morgan fingerprint density at radius 2 is 1.70 bits per heavy atom. The second-order valence-corrected chi connectivity index (χ2v) is 8.59. The molecule has 0 aliphatic carbocycles. The number of methoxy groups -OCH3 is 2. The number of esters is 1. The van der Waals surface area contributed by atoms with Gasteiger partial charge in [0.2, 0.25) is 5.75 Å². The molecule has 1 aliphatic heterocycles. The average molecular weight is 498 g/mol. The summed E-state index contributed by atoms with van der Waals surface area (Å²) in [4.78, 5) is 49.0. The molecule has 1 aromatic rings. The van der Waals surface area contributed by atoms with Gasteiger partial charge in [0.1, 0.15) is 4.32 Å². The smallest absolute Gasteiger partial charge is 0.320 e. The number of hydrogen-bond donors (Lipinski definition) is 2. The van der Waals surface area contributed by atoms with E-state index >= 15 is 0 Å². The van der Waals surface area contributed by atoms with Crippen LogP contribution < -0.4 is 14.2 Å². The maximum atomic E-state index is 13.1. The lowest BCUT2D eigenvalue weighted by Gasteiger charge is -2.29. The van der Waals surface area contributed by atoms with Gasteiger partial charge in [-0.25, -0.2) is 0 Å². The average Bonchev–Trinajstić information content (AvgIpc) is 3.00. The van der Waals surface area contributed by atoms with Gasteiger partial charge in [0, 0.05) is 6.92 Å². The minimum Gasteiger partial charge on any atom is -0.493 e. The van der Waals surface area contributed by atoms with Gasteiger partial charge < -0.3 is 24.4 Å². The number of aliphatic carboxylic acids is 2. The van der Waals surface area contributed by atoms with Gasteiger partial charge in [0.15, 0.2) is 17.4 Å². The fourth-order valence-corrected chi connectivity index (χ4v) is 4.69. The topological polar surface area (TPSA) is 140 Å². The molecule has 0 bridgehead atoms. The molecule has 1 atom stereocenters. The van der Waals surface area contributed by atoms with Crippen molar-refractivity contribution < 1.29 is 43.6 Å². The van der Waals surface area contributed by atoms with Gasteiger partial charge >= 0.3 is 17.9 Å². The molecule has 178 valence electrons. The van der Waals surface area contributed by atoms with Crippen molar-refractivity contribution in [3.63, 3.8) is 0 Å². The molecular formula is C21H23NO9S2. The SMILES string of the molecule is CCCC(C(C(=O)O)C(=O)O)N1C(=O)/C(=C/c2cc(OC)c(OC(C)=O)c(OC)c2)SC1=S. The summed E-state index contributed by atoms with van der Waals surface area (Å²) in [6, 6.07) is 1.90. The number of thiocarbonyl (C=S) groups is 1. The minimum atomic E-state index is -1.82. The van der Waals surface area contributed by atoms with Crippen molar-refractivity contribution >= 4 is 58.2 Å². The van der Waals surface area contributed by atoms with Crippen LogP contribution in [0.2, 0.25) is 0 Å². The molecule has 0 spiro atoms. The highest BCUT2D eigenvalue weighted by atomic mass is 32.2. The van der Waals surface area contributed by atoms with Crippen LogP contribution in [0.15, 0.2) is 17.0 Å². The number of carboxylic acid groups (broad SMARTS) is 2. The zero-order valence-corrected chi connectivity index (χ0v) is 19.9. The first-order valence-electron chi connectivity index (χ1n) is 9.72. The number of nitrogens with zero attached hydrogens (tertiary/aromatic N) is 1. The highest BCUT2D eigenvalue weighted by molar-refractivity contribution is 8.26. The summed E-state index contributed by atoms with van der Waals surface area (Å²) >= 11 is 6.22. The van der Waals surface area contributed by atoms with Gasteiger partial charge in [-0.2, -0.15) is 0 Å². The first-order valence-corrected chi connectivity index (χ1v) is 10.9. The summed E-state index contributed by atoms with van der Waals surface area (Å²) in [6.07, 6.45) is 2.08. The molecular weight excluding hydrogens is 474 g/mol. The zero-order valence-electron chi connectivity index (χ0n) is 18.3. The second-order valence-electron chi connectivity index (χ2n) is 6.91. The number of carbonyl (C=O) groups excluding carboxylic acids is 2. The third-order valence-electron chi connectivity index (χ3n) is 4.68. The van der Waals surface area contributed by atoms with E-state index in [4.69, 9.17) is 26.4 Å². The Hall–Kier alpha value is -3.12. The molecule has 1 unspecified atom stereocenters. The van der Waals surface area contributed by atoms with Crippen LogP contribution >= 0.6 is 24.0 Å². The van der Waals surface area contributed by atoms with Gasteiger partial charge in [0.25, 0.3) is 5.91 Å². The molecule has 1 heterocycles. The van der Waals surface area contributed by atoms with E-state index in [1.807, 2.05) is 0 Å². The van der Waals surface area contributed by atoms with Gasteiger partial charge in [-0.05, 0) is 30.2 Å². The van der Waals surface area contributed by atoms with E-state index in [-0.39, 0.29) is 32.9 Å². The third kappa shape index (κ3) is 5.82. The Morgan fingerprint density at radius 3 is 2.12 bits per heavy atom. The number of amides is 1. The quantitative estimate of drug-likeness (QED) is 0.162. The van der Waals surface area contributed by atoms with Gasteiger partial charge in [0.05, 0.1) is 25.2 Å². The molecule has 33 heavy (non-hydrogen) atoms. The fraction of sp³-hybridized carbons (Fsp3) is 0.381. The number of hydrogen-bond acceptors (Lipinski definition) is 9. The molecule has 1 saturated heterocycles. The maximum absolute atomic E-state index is 13.1. The normalized spacial score (nSPS) is 15.7. The number of carboxylic acids is 2. The van der Waals surface area contributed by atoms with Gasteiger partial charge in [-0.15, -0.1) is 0 Å². The van der Waals surface area contributed by atoms with Crippen molar-refractivity contribution in [2.45, 2.75) is 32.7 Å². The van der Waals surface area contributed by atoms with Crippen LogP contribution in [0.25, 0.3) is 6.08 Å². The minimum absolute atomic E-state index is 0.0627. The first kappa shape index (κ1) is 26.1. The van der Waals surface area contributed by atoms with E-state index in [9.17, 15) is 29.4 Å². The first-order chi connectivity index (χ1) is 15.5. The van der Waals surface area contributed by atoms with E-state index in [0.29, 0.717) is 12.0 Å².